The third-order valence-corrected chi connectivity index (χ3v) is 3.85. The Morgan fingerprint density at radius 3 is 2.14 bits per heavy atom. The van der Waals surface area contributed by atoms with Crippen molar-refractivity contribution in [1.29, 1.82) is 0 Å². The highest BCUT2D eigenvalue weighted by Gasteiger charge is 2.22. The Morgan fingerprint density at radius 1 is 1.00 bits per heavy atom. The summed E-state index contributed by atoms with van der Waals surface area (Å²) in [5.74, 6) is 5.76. The summed E-state index contributed by atoms with van der Waals surface area (Å²) >= 11 is 0. The number of hydrogen-bond acceptors (Lipinski definition) is 3. The number of ether oxygens (including phenoxy) is 1. The molecule has 3 nitrogen and oxygen atoms in total. The van der Waals surface area contributed by atoms with Gasteiger partial charge in [0.25, 0.3) is 0 Å². The van der Waals surface area contributed by atoms with Crippen LogP contribution in [0.25, 0.3) is 0 Å². The molecule has 21 heavy (non-hydrogen) atoms. The summed E-state index contributed by atoms with van der Waals surface area (Å²) < 4.78 is 5.66. The number of nitrogens with one attached hydrogen (secondary N) is 1. The molecule has 0 bridgehead atoms. The molecule has 0 spiro atoms. The third-order valence-electron chi connectivity index (χ3n) is 3.85. The molecule has 0 amide bonds. The van der Waals surface area contributed by atoms with Gasteiger partial charge < -0.3 is 4.74 Å². The van der Waals surface area contributed by atoms with Gasteiger partial charge in [0.2, 0.25) is 0 Å². The van der Waals surface area contributed by atoms with Gasteiger partial charge in [0, 0.05) is 7.11 Å². The monoisotopic (exact) mass is 284 g/mol. The summed E-state index contributed by atoms with van der Waals surface area (Å²) in [5, 5.41) is 0. The summed E-state index contributed by atoms with van der Waals surface area (Å²) in [6.07, 6.45) is 1.82. The molecule has 0 aliphatic heterocycles. The smallest absolute Gasteiger partial charge is 0.0990 e. The standard InChI is InChI=1S/C18H24N2O/c1-3-14-9-11-15(12-10-14)13-17(20-19)18(21-2)16-7-5-4-6-8-16/h4-12,17-18,20H,3,13,19H2,1-2H3. The van der Waals surface area contributed by atoms with E-state index in [1.807, 2.05) is 18.2 Å². The molecule has 2 aromatic rings. The molecule has 0 aromatic heterocycles. The SMILES string of the molecule is CCc1ccc(CC(NN)C(OC)c2ccccc2)cc1. The van der Waals surface area contributed by atoms with Crippen LogP contribution in [0, 0.1) is 0 Å². The van der Waals surface area contributed by atoms with E-state index in [1.54, 1.807) is 7.11 Å². The quantitative estimate of drug-likeness (QED) is 0.607. The van der Waals surface area contributed by atoms with Gasteiger partial charge in [-0.15, -0.1) is 0 Å². The lowest BCUT2D eigenvalue weighted by Crippen LogP contribution is -2.42. The molecule has 0 radical (unpaired) electrons. The fraction of sp³-hybridized carbons (Fsp3) is 0.333. The van der Waals surface area contributed by atoms with Gasteiger partial charge in [-0.3, -0.25) is 11.3 Å². The van der Waals surface area contributed by atoms with Crippen molar-refractivity contribution < 1.29 is 4.74 Å². The van der Waals surface area contributed by atoms with Crippen molar-refractivity contribution in [1.82, 2.24) is 5.43 Å². The first-order valence-electron chi connectivity index (χ1n) is 7.40. The first-order chi connectivity index (χ1) is 10.3. The van der Waals surface area contributed by atoms with Gasteiger partial charge in [-0.2, -0.15) is 0 Å². The molecule has 2 atom stereocenters. The molecule has 2 rings (SSSR count). The van der Waals surface area contributed by atoms with Crippen LogP contribution >= 0.6 is 0 Å². The lowest BCUT2D eigenvalue weighted by atomic mass is 9.96. The van der Waals surface area contributed by atoms with Crippen molar-refractivity contribution in [3.05, 3.63) is 71.3 Å². The number of rotatable bonds is 7. The van der Waals surface area contributed by atoms with Crippen LogP contribution in [0.2, 0.25) is 0 Å². The van der Waals surface area contributed by atoms with E-state index in [2.05, 4.69) is 48.7 Å². The maximum Gasteiger partial charge on any atom is 0.0990 e. The number of hydrogen-bond donors (Lipinski definition) is 2. The van der Waals surface area contributed by atoms with Gasteiger partial charge in [-0.25, -0.2) is 0 Å². The van der Waals surface area contributed by atoms with Gasteiger partial charge in [-0.05, 0) is 29.5 Å². The van der Waals surface area contributed by atoms with Crippen LogP contribution in [0.15, 0.2) is 54.6 Å². The maximum absolute atomic E-state index is 5.76. The number of hydrazine groups is 1. The van der Waals surface area contributed by atoms with E-state index >= 15 is 0 Å². The molecule has 0 aliphatic rings. The van der Waals surface area contributed by atoms with Crippen LogP contribution in [0.5, 0.6) is 0 Å². The van der Waals surface area contributed by atoms with Crippen molar-refractivity contribution in [2.75, 3.05) is 7.11 Å². The van der Waals surface area contributed by atoms with Crippen LogP contribution in [0.4, 0.5) is 0 Å². The first kappa shape index (κ1) is 15.7. The van der Waals surface area contributed by atoms with Crippen LogP contribution in [0.1, 0.15) is 29.7 Å². The van der Waals surface area contributed by atoms with Crippen LogP contribution in [0.3, 0.4) is 0 Å². The number of benzene rings is 2. The minimum absolute atomic E-state index is 0.0323. The van der Waals surface area contributed by atoms with E-state index in [1.165, 1.54) is 11.1 Å². The van der Waals surface area contributed by atoms with E-state index in [9.17, 15) is 0 Å². The van der Waals surface area contributed by atoms with Gasteiger partial charge in [0.05, 0.1) is 12.1 Å². The molecule has 2 unspecified atom stereocenters. The molecule has 0 saturated heterocycles. The average Bonchev–Trinajstić information content (AvgIpc) is 2.56. The van der Waals surface area contributed by atoms with Gasteiger partial charge in [0.15, 0.2) is 0 Å². The molecule has 112 valence electrons. The van der Waals surface area contributed by atoms with Crippen molar-refractivity contribution in [2.45, 2.75) is 31.9 Å². The van der Waals surface area contributed by atoms with E-state index in [4.69, 9.17) is 10.6 Å². The summed E-state index contributed by atoms with van der Waals surface area (Å²) in [7, 11) is 1.72. The van der Waals surface area contributed by atoms with Crippen molar-refractivity contribution in [3.63, 3.8) is 0 Å². The predicted octanol–water partition coefficient (Wildman–Crippen LogP) is 3.01. The normalized spacial score (nSPS) is 13.9. The fourth-order valence-electron chi connectivity index (χ4n) is 2.59. The van der Waals surface area contributed by atoms with Crippen LogP contribution in [-0.4, -0.2) is 13.2 Å². The highest BCUT2D eigenvalue weighted by Crippen LogP contribution is 2.23. The summed E-state index contributed by atoms with van der Waals surface area (Å²) in [6.45, 7) is 2.16. The number of aryl methyl sites for hydroxylation is 1. The van der Waals surface area contributed by atoms with Crippen LogP contribution in [-0.2, 0) is 17.6 Å². The Labute approximate surface area is 127 Å². The molecule has 0 saturated carbocycles. The summed E-state index contributed by atoms with van der Waals surface area (Å²) in [6, 6.07) is 18.9. The number of nitrogens with two attached hydrogens (primary N) is 1. The average molecular weight is 284 g/mol. The Balaban J connectivity index is 2.13. The Morgan fingerprint density at radius 2 is 1.62 bits per heavy atom. The zero-order chi connectivity index (χ0) is 15.1. The van der Waals surface area contributed by atoms with E-state index in [0.717, 1.165) is 18.4 Å². The topological polar surface area (TPSA) is 47.3 Å². The second kappa shape index (κ2) is 7.93. The lowest BCUT2D eigenvalue weighted by Gasteiger charge is -2.26. The van der Waals surface area contributed by atoms with Crippen molar-refractivity contribution in [3.8, 4) is 0 Å². The molecule has 3 heteroatoms. The lowest BCUT2D eigenvalue weighted by molar-refractivity contribution is 0.0679. The summed E-state index contributed by atoms with van der Waals surface area (Å²) in [5.41, 5.74) is 6.64. The predicted molar refractivity (Wildman–Crippen MR) is 86.8 cm³/mol. The second-order valence-electron chi connectivity index (χ2n) is 5.21. The molecule has 0 aliphatic carbocycles. The van der Waals surface area contributed by atoms with E-state index in [0.29, 0.717) is 0 Å². The van der Waals surface area contributed by atoms with Gasteiger partial charge in [0.1, 0.15) is 0 Å². The largest absolute Gasteiger partial charge is 0.375 e. The van der Waals surface area contributed by atoms with E-state index < -0.39 is 0 Å². The highest BCUT2D eigenvalue weighted by molar-refractivity contribution is 5.25. The molecule has 2 aromatic carbocycles. The molecule has 0 fully saturated rings. The molecular formula is C18H24N2O. The molecule has 3 N–H and O–H groups in total. The third kappa shape index (κ3) is 4.14. The maximum atomic E-state index is 5.76. The zero-order valence-corrected chi connectivity index (χ0v) is 12.8. The van der Waals surface area contributed by atoms with Crippen LogP contribution < -0.4 is 11.3 Å². The van der Waals surface area contributed by atoms with Gasteiger partial charge in [-0.1, -0.05) is 61.5 Å². The van der Waals surface area contributed by atoms with Gasteiger partial charge >= 0.3 is 0 Å². The second-order valence-corrected chi connectivity index (χ2v) is 5.21. The summed E-state index contributed by atoms with van der Waals surface area (Å²) in [4.78, 5) is 0. The minimum atomic E-state index is -0.0675. The van der Waals surface area contributed by atoms with E-state index in [-0.39, 0.29) is 12.1 Å². The first-order valence-corrected chi connectivity index (χ1v) is 7.40. The number of methoxy groups -OCH3 is 1. The van der Waals surface area contributed by atoms with Crippen molar-refractivity contribution >= 4 is 0 Å². The molecule has 0 heterocycles. The molecular weight excluding hydrogens is 260 g/mol. The zero-order valence-electron chi connectivity index (χ0n) is 12.8. The Bertz CT molecular complexity index is 525. The Kier molecular flexibility index (Phi) is 5.93. The van der Waals surface area contributed by atoms with Crippen molar-refractivity contribution in [2.24, 2.45) is 5.84 Å². The minimum Gasteiger partial charge on any atom is -0.375 e. The fourth-order valence-corrected chi connectivity index (χ4v) is 2.59. The Hall–Kier alpha value is -1.68. The highest BCUT2D eigenvalue weighted by atomic mass is 16.5.